The molecule has 2 bridgehead atoms. The molecule has 2 saturated heterocycles. The molecular formula is C20H19NO8. The van der Waals surface area contributed by atoms with Crippen LogP contribution in [0.5, 0.6) is 5.75 Å². The molecule has 9 nitrogen and oxygen atoms in total. The zero-order chi connectivity index (χ0) is 20.9. The molecule has 3 heterocycles. The Kier molecular flexibility index (Phi) is 4.42. The van der Waals surface area contributed by atoms with Crippen LogP contribution in [-0.4, -0.2) is 48.9 Å². The van der Waals surface area contributed by atoms with Crippen molar-refractivity contribution in [3.05, 3.63) is 36.4 Å². The van der Waals surface area contributed by atoms with E-state index in [0.29, 0.717) is 11.4 Å². The molecule has 0 aliphatic carbocycles. The van der Waals surface area contributed by atoms with Crippen LogP contribution in [0.15, 0.2) is 36.4 Å². The third kappa shape index (κ3) is 2.80. The minimum Gasteiger partial charge on any atom is -0.497 e. The van der Waals surface area contributed by atoms with Gasteiger partial charge in [0.25, 0.3) is 6.29 Å². The summed E-state index contributed by atoms with van der Waals surface area (Å²) in [5, 5.41) is 0. The second kappa shape index (κ2) is 6.70. The van der Waals surface area contributed by atoms with Crippen LogP contribution in [0.1, 0.15) is 13.8 Å². The van der Waals surface area contributed by atoms with E-state index in [0.717, 1.165) is 18.7 Å². The highest BCUT2D eigenvalue weighted by Gasteiger charge is 2.72. The predicted molar refractivity (Wildman–Crippen MR) is 96.5 cm³/mol. The lowest BCUT2D eigenvalue weighted by atomic mass is 9.76. The largest absolute Gasteiger partial charge is 0.497 e. The number of carbonyl (C=O) groups excluding carboxylic acids is 4. The van der Waals surface area contributed by atoms with Crippen LogP contribution >= 0.6 is 0 Å². The summed E-state index contributed by atoms with van der Waals surface area (Å²) in [6.45, 7) is 2.31. The molecule has 0 aromatic heterocycles. The number of nitrogens with zero attached hydrogens (tertiary/aromatic N) is 1. The van der Waals surface area contributed by atoms with E-state index < -0.39 is 53.6 Å². The molecular weight excluding hydrogens is 382 g/mol. The van der Waals surface area contributed by atoms with Gasteiger partial charge in [-0.2, -0.15) is 0 Å². The van der Waals surface area contributed by atoms with Crippen LogP contribution < -0.4 is 9.64 Å². The van der Waals surface area contributed by atoms with Crippen LogP contribution in [0.25, 0.3) is 0 Å². The first-order valence-electron chi connectivity index (χ1n) is 9.02. The molecule has 0 unspecified atom stereocenters. The van der Waals surface area contributed by atoms with Gasteiger partial charge in [-0.25, -0.2) is 4.90 Å². The lowest BCUT2D eigenvalue weighted by molar-refractivity contribution is -0.226. The standard InChI is InChI=1S/C20H19NO8/c1-10(22)27-19(28-11(2)23)20-9-8-14(29-20)15-16(20)18(25)21(17(15)24)12-4-6-13(26-3)7-5-12/h4-9,14-16,19H,1-3H3/t14-,15-,16-,20+/m1/s1. The van der Waals surface area contributed by atoms with Crippen molar-refractivity contribution >= 4 is 29.4 Å². The van der Waals surface area contributed by atoms with Gasteiger partial charge in [-0.3, -0.25) is 19.2 Å². The summed E-state index contributed by atoms with van der Waals surface area (Å²) in [5.41, 5.74) is -1.16. The van der Waals surface area contributed by atoms with Crippen molar-refractivity contribution in [2.75, 3.05) is 12.0 Å². The third-order valence-electron chi connectivity index (χ3n) is 5.32. The summed E-state index contributed by atoms with van der Waals surface area (Å²) in [7, 11) is 1.51. The number of amides is 2. The molecule has 2 amide bonds. The third-order valence-corrected chi connectivity index (χ3v) is 5.32. The van der Waals surface area contributed by atoms with Gasteiger partial charge in [0.05, 0.1) is 30.7 Å². The number of imide groups is 1. The smallest absolute Gasteiger partial charge is 0.305 e. The van der Waals surface area contributed by atoms with E-state index in [-0.39, 0.29) is 0 Å². The van der Waals surface area contributed by atoms with Gasteiger partial charge < -0.3 is 18.9 Å². The molecule has 0 saturated carbocycles. The molecule has 0 N–H and O–H groups in total. The summed E-state index contributed by atoms with van der Waals surface area (Å²) in [6, 6.07) is 6.50. The van der Waals surface area contributed by atoms with E-state index in [1.807, 2.05) is 0 Å². The number of esters is 2. The fourth-order valence-corrected chi connectivity index (χ4v) is 4.20. The average Bonchev–Trinajstić information content (AvgIpc) is 3.32. The molecule has 4 rings (SSSR count). The van der Waals surface area contributed by atoms with Crippen LogP contribution in [-0.2, 0) is 33.4 Å². The molecule has 1 aromatic carbocycles. The minimum absolute atomic E-state index is 0.390. The van der Waals surface area contributed by atoms with Gasteiger partial charge in [-0.1, -0.05) is 6.08 Å². The Morgan fingerprint density at radius 2 is 1.69 bits per heavy atom. The molecule has 1 aromatic rings. The molecule has 4 atom stereocenters. The SMILES string of the molecule is COc1ccc(N2C(=O)[C@@H]3[C@H]4C=C[C@](C(OC(C)=O)OC(C)=O)(O4)[C@H]3C2=O)cc1. The maximum atomic E-state index is 13.3. The van der Waals surface area contributed by atoms with Gasteiger partial charge in [0.15, 0.2) is 5.60 Å². The van der Waals surface area contributed by atoms with Gasteiger partial charge in [-0.05, 0) is 30.3 Å². The molecule has 2 fully saturated rings. The Labute approximate surface area is 166 Å². The number of carbonyl (C=O) groups is 4. The number of ether oxygens (including phenoxy) is 4. The first-order chi connectivity index (χ1) is 13.8. The Morgan fingerprint density at radius 1 is 1.07 bits per heavy atom. The number of methoxy groups -OCH3 is 1. The molecule has 29 heavy (non-hydrogen) atoms. The summed E-state index contributed by atoms with van der Waals surface area (Å²) in [4.78, 5) is 50.6. The van der Waals surface area contributed by atoms with Crippen molar-refractivity contribution < 1.29 is 38.1 Å². The van der Waals surface area contributed by atoms with Gasteiger partial charge in [0, 0.05) is 13.8 Å². The number of benzene rings is 1. The Balaban J connectivity index is 1.72. The number of hydrogen-bond acceptors (Lipinski definition) is 8. The van der Waals surface area contributed by atoms with Gasteiger partial charge in [0.2, 0.25) is 11.8 Å². The Morgan fingerprint density at radius 3 is 2.24 bits per heavy atom. The highest BCUT2D eigenvalue weighted by molar-refractivity contribution is 6.23. The maximum Gasteiger partial charge on any atom is 0.305 e. The van der Waals surface area contributed by atoms with Crippen molar-refractivity contribution in [3.63, 3.8) is 0 Å². The fourth-order valence-electron chi connectivity index (χ4n) is 4.20. The van der Waals surface area contributed by atoms with E-state index in [1.54, 1.807) is 30.3 Å². The summed E-state index contributed by atoms with van der Waals surface area (Å²) >= 11 is 0. The zero-order valence-corrected chi connectivity index (χ0v) is 16.0. The van der Waals surface area contributed by atoms with E-state index in [9.17, 15) is 19.2 Å². The molecule has 0 radical (unpaired) electrons. The lowest BCUT2D eigenvalue weighted by Gasteiger charge is -2.34. The lowest BCUT2D eigenvalue weighted by Crippen LogP contribution is -2.52. The molecule has 152 valence electrons. The first-order valence-corrected chi connectivity index (χ1v) is 9.02. The topological polar surface area (TPSA) is 108 Å². The number of anilines is 1. The van der Waals surface area contributed by atoms with Crippen LogP contribution in [0.3, 0.4) is 0 Å². The Bertz CT molecular complexity index is 907. The molecule has 3 aliphatic heterocycles. The number of fused-ring (bicyclic) bond motifs is 5. The van der Waals surface area contributed by atoms with Crippen LogP contribution in [0.4, 0.5) is 5.69 Å². The maximum absolute atomic E-state index is 13.3. The highest BCUT2D eigenvalue weighted by Crippen LogP contribution is 2.54. The molecule has 9 heteroatoms. The summed E-state index contributed by atoms with van der Waals surface area (Å²) in [6.07, 6.45) is 0.997. The number of hydrogen-bond donors (Lipinski definition) is 0. The average molecular weight is 401 g/mol. The second-order valence-electron chi connectivity index (χ2n) is 7.06. The van der Waals surface area contributed by atoms with Gasteiger partial charge in [-0.15, -0.1) is 0 Å². The van der Waals surface area contributed by atoms with E-state index in [1.165, 1.54) is 13.2 Å². The highest BCUT2D eigenvalue weighted by atomic mass is 16.7. The normalized spacial score (nSPS) is 29.4. The zero-order valence-electron chi connectivity index (χ0n) is 16.0. The van der Waals surface area contributed by atoms with Gasteiger partial charge in [0.1, 0.15) is 5.75 Å². The second-order valence-corrected chi connectivity index (χ2v) is 7.06. The summed E-state index contributed by atoms with van der Waals surface area (Å²) in [5.74, 6) is -3.57. The monoisotopic (exact) mass is 401 g/mol. The van der Waals surface area contributed by atoms with E-state index in [2.05, 4.69) is 0 Å². The Hall–Kier alpha value is -3.20. The van der Waals surface area contributed by atoms with Crippen molar-refractivity contribution in [2.24, 2.45) is 11.8 Å². The van der Waals surface area contributed by atoms with Gasteiger partial charge >= 0.3 is 11.9 Å². The minimum atomic E-state index is -1.55. The van der Waals surface area contributed by atoms with Crippen LogP contribution in [0.2, 0.25) is 0 Å². The molecule has 3 aliphatic rings. The first kappa shape index (κ1) is 19.1. The predicted octanol–water partition coefficient (Wildman–Crippen LogP) is 0.960. The molecule has 0 spiro atoms. The van der Waals surface area contributed by atoms with Crippen LogP contribution in [0, 0.1) is 11.8 Å². The van der Waals surface area contributed by atoms with Crippen molar-refractivity contribution in [1.29, 1.82) is 0 Å². The summed E-state index contributed by atoms with van der Waals surface area (Å²) < 4.78 is 21.4. The van der Waals surface area contributed by atoms with Crippen molar-refractivity contribution in [3.8, 4) is 5.75 Å². The number of rotatable bonds is 5. The quantitative estimate of drug-likeness (QED) is 0.311. The van der Waals surface area contributed by atoms with E-state index in [4.69, 9.17) is 18.9 Å². The van der Waals surface area contributed by atoms with Crippen molar-refractivity contribution in [2.45, 2.75) is 31.8 Å². The van der Waals surface area contributed by atoms with Crippen molar-refractivity contribution in [1.82, 2.24) is 0 Å². The van der Waals surface area contributed by atoms with E-state index >= 15 is 0 Å². The fraction of sp³-hybridized carbons (Fsp3) is 0.400.